The van der Waals surface area contributed by atoms with E-state index in [2.05, 4.69) is 196 Å². The molecule has 1 nitrogen and oxygen atoms in total. The molecule has 0 unspecified atom stereocenters. The van der Waals surface area contributed by atoms with E-state index in [1.807, 2.05) is 0 Å². The molecular formula is C54H36O. The third-order valence-electron chi connectivity index (χ3n) is 11.7. The van der Waals surface area contributed by atoms with Crippen molar-refractivity contribution in [2.45, 2.75) is 13.8 Å². The molecule has 55 heavy (non-hydrogen) atoms. The van der Waals surface area contributed by atoms with Crippen LogP contribution in [0.25, 0.3) is 110 Å². The predicted octanol–water partition coefficient (Wildman–Crippen LogP) is 15.5. The largest absolute Gasteiger partial charge is 0.455 e. The first-order valence-corrected chi connectivity index (χ1v) is 19.1. The topological polar surface area (TPSA) is 13.1 Å². The van der Waals surface area contributed by atoms with Gasteiger partial charge in [-0.15, -0.1) is 0 Å². The van der Waals surface area contributed by atoms with Gasteiger partial charge in [0.2, 0.25) is 0 Å². The molecule has 11 rings (SSSR count). The highest BCUT2D eigenvalue weighted by Crippen LogP contribution is 2.50. The van der Waals surface area contributed by atoms with Gasteiger partial charge in [-0.3, -0.25) is 0 Å². The molecule has 0 aliphatic rings. The van der Waals surface area contributed by atoms with Crippen molar-refractivity contribution in [3.63, 3.8) is 0 Å². The van der Waals surface area contributed by atoms with Crippen LogP contribution in [-0.4, -0.2) is 0 Å². The molecule has 11 aromatic rings. The van der Waals surface area contributed by atoms with Crippen molar-refractivity contribution in [2.24, 2.45) is 0 Å². The molecule has 0 radical (unpaired) electrons. The molecule has 0 bridgehead atoms. The van der Waals surface area contributed by atoms with Crippen LogP contribution in [0.3, 0.4) is 0 Å². The minimum atomic E-state index is 0.890. The lowest BCUT2D eigenvalue weighted by Gasteiger charge is -2.20. The number of benzene rings is 10. The first kappa shape index (κ1) is 31.6. The Kier molecular flexibility index (Phi) is 7.06. The number of fused-ring (bicyclic) bond motifs is 7. The Hall–Kier alpha value is -6.96. The first-order chi connectivity index (χ1) is 27.2. The molecule has 1 heterocycles. The van der Waals surface area contributed by atoms with Crippen molar-refractivity contribution in [3.05, 3.63) is 193 Å². The highest BCUT2D eigenvalue weighted by Gasteiger charge is 2.24. The van der Waals surface area contributed by atoms with E-state index < -0.39 is 0 Å². The maximum absolute atomic E-state index is 7.07. The van der Waals surface area contributed by atoms with Crippen molar-refractivity contribution in [3.8, 4) is 44.5 Å². The first-order valence-electron chi connectivity index (χ1n) is 19.1. The Morgan fingerprint density at radius 3 is 1.24 bits per heavy atom. The fourth-order valence-corrected chi connectivity index (χ4v) is 9.48. The Bertz CT molecular complexity index is 3190. The number of rotatable bonds is 4. The normalized spacial score (nSPS) is 11.8. The maximum atomic E-state index is 7.07. The molecule has 0 amide bonds. The predicted molar refractivity (Wildman–Crippen MR) is 235 cm³/mol. The van der Waals surface area contributed by atoms with Crippen LogP contribution >= 0.6 is 0 Å². The summed E-state index contributed by atoms with van der Waals surface area (Å²) in [6, 6.07) is 66.3. The molecule has 1 heteroatoms. The van der Waals surface area contributed by atoms with Gasteiger partial charge in [0.1, 0.15) is 11.2 Å². The van der Waals surface area contributed by atoms with E-state index in [9.17, 15) is 0 Å². The summed E-state index contributed by atoms with van der Waals surface area (Å²) in [5.74, 6) is 0. The zero-order valence-electron chi connectivity index (χ0n) is 30.7. The fraction of sp³-hybridized carbons (Fsp3) is 0.0370. The van der Waals surface area contributed by atoms with Gasteiger partial charge in [0.25, 0.3) is 0 Å². The second-order valence-corrected chi connectivity index (χ2v) is 14.8. The van der Waals surface area contributed by atoms with E-state index in [0.29, 0.717) is 0 Å². The highest BCUT2D eigenvalue weighted by atomic mass is 16.3. The average molecular weight is 701 g/mol. The lowest BCUT2D eigenvalue weighted by atomic mass is 9.83. The van der Waals surface area contributed by atoms with E-state index in [1.165, 1.54) is 93.2 Å². The van der Waals surface area contributed by atoms with Crippen LogP contribution in [0.2, 0.25) is 0 Å². The van der Waals surface area contributed by atoms with E-state index in [0.717, 1.165) is 27.5 Å². The van der Waals surface area contributed by atoms with Gasteiger partial charge in [0.15, 0.2) is 0 Å². The van der Waals surface area contributed by atoms with E-state index in [4.69, 9.17) is 4.42 Å². The smallest absolute Gasteiger partial charge is 0.143 e. The van der Waals surface area contributed by atoms with Gasteiger partial charge < -0.3 is 4.42 Å². The maximum Gasteiger partial charge on any atom is 0.143 e. The van der Waals surface area contributed by atoms with Crippen LogP contribution in [0.5, 0.6) is 0 Å². The average Bonchev–Trinajstić information content (AvgIpc) is 3.62. The molecule has 0 saturated carbocycles. The van der Waals surface area contributed by atoms with Crippen molar-refractivity contribution in [2.75, 3.05) is 0 Å². The van der Waals surface area contributed by atoms with Gasteiger partial charge in [0, 0.05) is 21.9 Å². The molecular weight excluding hydrogens is 665 g/mol. The number of aryl methyl sites for hydroxylation is 2. The van der Waals surface area contributed by atoms with Gasteiger partial charge in [0.05, 0.1) is 0 Å². The highest BCUT2D eigenvalue weighted by molar-refractivity contribution is 6.28. The summed E-state index contributed by atoms with van der Waals surface area (Å²) in [6.07, 6.45) is 0. The lowest BCUT2D eigenvalue weighted by Crippen LogP contribution is -1.94. The molecule has 0 saturated heterocycles. The summed E-state index contributed by atoms with van der Waals surface area (Å²) >= 11 is 0. The summed E-state index contributed by atoms with van der Waals surface area (Å²) < 4.78 is 7.07. The summed E-state index contributed by atoms with van der Waals surface area (Å²) in [6.45, 7) is 4.46. The van der Waals surface area contributed by atoms with Crippen molar-refractivity contribution >= 4 is 65.0 Å². The molecule has 0 aliphatic heterocycles. The Morgan fingerprint density at radius 1 is 0.291 bits per heavy atom. The van der Waals surface area contributed by atoms with Gasteiger partial charge in [-0.1, -0.05) is 176 Å². The standard InChI is InChI=1S/C54H36O/c1-33-17-14-18-34(2)48(33)53-42-27-12-10-25-40(42)51(41-26-11-13-28-43(41)53)45-30-15-31-46-52-44(29-16-32-47(52)55-54(45)46)50-38-23-8-6-21-36(38)49(35-19-4-3-5-20-35)37-22-7-9-24-39(37)50/h3-32H,1-2H3. The van der Waals surface area contributed by atoms with Crippen molar-refractivity contribution in [1.29, 1.82) is 0 Å². The summed E-state index contributed by atoms with van der Waals surface area (Å²) in [4.78, 5) is 0. The Balaban J connectivity index is 1.24. The quantitative estimate of drug-likeness (QED) is 0.167. The number of hydrogen-bond acceptors (Lipinski definition) is 1. The zero-order valence-corrected chi connectivity index (χ0v) is 30.7. The van der Waals surface area contributed by atoms with Crippen LogP contribution in [-0.2, 0) is 0 Å². The molecule has 0 atom stereocenters. The third-order valence-corrected chi connectivity index (χ3v) is 11.7. The molecule has 0 aliphatic carbocycles. The minimum Gasteiger partial charge on any atom is -0.455 e. The summed E-state index contributed by atoms with van der Waals surface area (Å²) in [5.41, 5.74) is 14.2. The van der Waals surface area contributed by atoms with Gasteiger partial charge in [-0.25, -0.2) is 0 Å². The molecule has 0 fully saturated rings. The van der Waals surface area contributed by atoms with Crippen LogP contribution in [0, 0.1) is 13.8 Å². The van der Waals surface area contributed by atoms with E-state index >= 15 is 0 Å². The number of furan rings is 1. The molecule has 0 spiro atoms. The third kappa shape index (κ3) is 4.66. The van der Waals surface area contributed by atoms with Crippen LogP contribution < -0.4 is 0 Å². The number of hydrogen-bond donors (Lipinski definition) is 0. The van der Waals surface area contributed by atoms with Crippen LogP contribution in [0.15, 0.2) is 186 Å². The van der Waals surface area contributed by atoms with Crippen LogP contribution in [0.1, 0.15) is 11.1 Å². The second kappa shape index (κ2) is 12.3. The number of para-hydroxylation sites is 1. The summed E-state index contributed by atoms with van der Waals surface area (Å²) in [5, 5.41) is 12.2. The molecule has 1 aromatic heterocycles. The van der Waals surface area contributed by atoms with Crippen molar-refractivity contribution < 1.29 is 4.42 Å². The van der Waals surface area contributed by atoms with Gasteiger partial charge >= 0.3 is 0 Å². The Labute approximate surface area is 319 Å². The monoisotopic (exact) mass is 700 g/mol. The van der Waals surface area contributed by atoms with Gasteiger partial charge in [-0.05, 0) is 108 Å². The van der Waals surface area contributed by atoms with E-state index in [1.54, 1.807) is 0 Å². The lowest BCUT2D eigenvalue weighted by molar-refractivity contribution is 0.670. The molecule has 258 valence electrons. The van der Waals surface area contributed by atoms with E-state index in [-0.39, 0.29) is 0 Å². The fourth-order valence-electron chi connectivity index (χ4n) is 9.48. The molecule has 10 aromatic carbocycles. The minimum absolute atomic E-state index is 0.890. The SMILES string of the molecule is Cc1cccc(C)c1-c1c2ccccc2c(-c2cccc3c2oc2cccc(-c4c5ccccc5c(-c5ccccc5)c5ccccc45)c23)c2ccccc12. The second-order valence-electron chi connectivity index (χ2n) is 14.8. The van der Waals surface area contributed by atoms with Gasteiger partial charge in [-0.2, -0.15) is 0 Å². The molecule has 0 N–H and O–H groups in total. The van der Waals surface area contributed by atoms with Crippen LogP contribution in [0.4, 0.5) is 0 Å². The summed E-state index contributed by atoms with van der Waals surface area (Å²) in [7, 11) is 0. The van der Waals surface area contributed by atoms with Crippen molar-refractivity contribution in [1.82, 2.24) is 0 Å². The zero-order chi connectivity index (χ0) is 36.6. The Morgan fingerprint density at radius 2 is 0.691 bits per heavy atom.